The number of anilines is 1. The van der Waals surface area contributed by atoms with E-state index in [4.69, 9.17) is 32.7 Å². The van der Waals surface area contributed by atoms with Gasteiger partial charge in [0.2, 0.25) is 0 Å². The Kier molecular flexibility index (Phi) is 6.37. The number of carbonyl (C=O) groups excluding carboxylic acids is 2. The number of carbonyl (C=O) groups is 2. The standard InChI is InChI=1S/C16H12Cl2N2O6/c1-25-14-5-2-9(17)6-11(14)16(22)26-8-15(21)19-13-4-3-10(20(23)24)7-12(13)18/h2-7H,8H2,1H3,(H,19,21). The molecule has 136 valence electrons. The lowest BCUT2D eigenvalue weighted by Gasteiger charge is -2.10. The zero-order valence-electron chi connectivity index (χ0n) is 13.3. The highest BCUT2D eigenvalue weighted by atomic mass is 35.5. The molecule has 0 saturated carbocycles. The Hall–Kier alpha value is -2.84. The zero-order valence-corrected chi connectivity index (χ0v) is 14.8. The van der Waals surface area contributed by atoms with Gasteiger partial charge in [-0.25, -0.2) is 4.79 Å². The lowest BCUT2D eigenvalue weighted by Crippen LogP contribution is -2.21. The van der Waals surface area contributed by atoms with Gasteiger partial charge in [0.1, 0.15) is 11.3 Å². The number of nitro benzene ring substituents is 1. The molecule has 1 N–H and O–H groups in total. The van der Waals surface area contributed by atoms with E-state index in [-0.39, 0.29) is 27.7 Å². The van der Waals surface area contributed by atoms with Crippen molar-refractivity contribution in [3.63, 3.8) is 0 Å². The second-order valence-electron chi connectivity index (χ2n) is 4.89. The maximum Gasteiger partial charge on any atom is 0.342 e. The number of hydrogen-bond acceptors (Lipinski definition) is 6. The van der Waals surface area contributed by atoms with Crippen LogP contribution in [-0.4, -0.2) is 30.5 Å². The molecule has 1 amide bonds. The van der Waals surface area contributed by atoms with Crippen molar-refractivity contribution < 1.29 is 24.0 Å². The Labute approximate surface area is 157 Å². The average Bonchev–Trinajstić information content (AvgIpc) is 2.61. The van der Waals surface area contributed by atoms with Crippen LogP contribution < -0.4 is 10.1 Å². The largest absolute Gasteiger partial charge is 0.496 e. The Morgan fingerprint density at radius 1 is 1.19 bits per heavy atom. The molecule has 0 spiro atoms. The normalized spacial score (nSPS) is 10.1. The summed E-state index contributed by atoms with van der Waals surface area (Å²) in [5.74, 6) is -1.22. The summed E-state index contributed by atoms with van der Waals surface area (Å²) in [6.45, 7) is -0.595. The monoisotopic (exact) mass is 398 g/mol. The van der Waals surface area contributed by atoms with E-state index in [0.717, 1.165) is 6.07 Å². The number of nitrogens with one attached hydrogen (secondary N) is 1. The molecular formula is C16H12Cl2N2O6. The number of ether oxygens (including phenoxy) is 2. The van der Waals surface area contributed by atoms with Crippen LogP contribution in [0.3, 0.4) is 0 Å². The van der Waals surface area contributed by atoms with Crippen LogP contribution in [0.4, 0.5) is 11.4 Å². The smallest absolute Gasteiger partial charge is 0.342 e. The molecule has 0 bridgehead atoms. The van der Waals surface area contributed by atoms with Crippen molar-refractivity contribution in [2.45, 2.75) is 0 Å². The molecule has 0 aliphatic heterocycles. The molecule has 0 aliphatic rings. The highest BCUT2D eigenvalue weighted by molar-refractivity contribution is 6.34. The number of non-ortho nitro benzene ring substituents is 1. The van der Waals surface area contributed by atoms with Gasteiger partial charge in [0.05, 0.1) is 22.7 Å². The Bertz CT molecular complexity index is 872. The van der Waals surface area contributed by atoms with Crippen molar-refractivity contribution in [1.29, 1.82) is 0 Å². The first-order valence-electron chi connectivity index (χ1n) is 7.06. The lowest BCUT2D eigenvalue weighted by molar-refractivity contribution is -0.384. The van der Waals surface area contributed by atoms with E-state index in [1.54, 1.807) is 6.07 Å². The fourth-order valence-corrected chi connectivity index (χ4v) is 2.35. The number of methoxy groups -OCH3 is 1. The van der Waals surface area contributed by atoms with E-state index in [2.05, 4.69) is 5.32 Å². The van der Waals surface area contributed by atoms with Gasteiger partial charge in [0, 0.05) is 17.2 Å². The molecule has 0 radical (unpaired) electrons. The Balaban J connectivity index is 2.00. The lowest BCUT2D eigenvalue weighted by atomic mass is 10.2. The SMILES string of the molecule is COc1ccc(Cl)cc1C(=O)OCC(=O)Nc1ccc([N+](=O)[O-])cc1Cl. The minimum absolute atomic E-state index is 0.0182. The summed E-state index contributed by atoms with van der Waals surface area (Å²) in [7, 11) is 1.38. The third-order valence-electron chi connectivity index (χ3n) is 3.15. The van der Waals surface area contributed by atoms with E-state index in [1.165, 1.54) is 31.4 Å². The first-order chi connectivity index (χ1) is 12.3. The highest BCUT2D eigenvalue weighted by Gasteiger charge is 2.17. The number of esters is 1. The van der Waals surface area contributed by atoms with E-state index >= 15 is 0 Å². The van der Waals surface area contributed by atoms with E-state index in [0.29, 0.717) is 5.02 Å². The predicted molar refractivity (Wildman–Crippen MR) is 95.0 cm³/mol. The first-order valence-corrected chi connectivity index (χ1v) is 7.82. The van der Waals surface area contributed by atoms with Gasteiger partial charge in [-0.2, -0.15) is 0 Å². The third kappa shape index (κ3) is 4.84. The molecule has 2 aromatic rings. The van der Waals surface area contributed by atoms with Crippen LogP contribution in [0.15, 0.2) is 36.4 Å². The molecule has 0 aliphatic carbocycles. The molecule has 0 fully saturated rings. The van der Waals surface area contributed by atoms with Gasteiger partial charge < -0.3 is 14.8 Å². The van der Waals surface area contributed by atoms with Crippen LogP contribution in [0, 0.1) is 10.1 Å². The van der Waals surface area contributed by atoms with Gasteiger partial charge >= 0.3 is 5.97 Å². The molecule has 10 heteroatoms. The predicted octanol–water partition coefficient (Wildman–Crippen LogP) is 3.71. The molecule has 8 nitrogen and oxygen atoms in total. The molecule has 26 heavy (non-hydrogen) atoms. The second kappa shape index (κ2) is 8.50. The fraction of sp³-hybridized carbons (Fsp3) is 0.125. The third-order valence-corrected chi connectivity index (χ3v) is 3.70. The Morgan fingerprint density at radius 3 is 2.54 bits per heavy atom. The van der Waals surface area contributed by atoms with Gasteiger partial charge in [0.15, 0.2) is 6.61 Å². The minimum Gasteiger partial charge on any atom is -0.496 e. The number of rotatable bonds is 6. The van der Waals surface area contributed by atoms with Crippen LogP contribution in [0.5, 0.6) is 5.75 Å². The molecule has 0 atom stereocenters. The van der Waals surface area contributed by atoms with Crippen molar-refractivity contribution in [1.82, 2.24) is 0 Å². The van der Waals surface area contributed by atoms with Crippen LogP contribution in [0.1, 0.15) is 10.4 Å². The van der Waals surface area contributed by atoms with Crippen molar-refractivity contribution in [2.24, 2.45) is 0 Å². The summed E-state index contributed by atoms with van der Waals surface area (Å²) in [5, 5.41) is 13.3. The number of amides is 1. The summed E-state index contributed by atoms with van der Waals surface area (Å²) in [5.41, 5.74) is 0.00676. The zero-order chi connectivity index (χ0) is 19.3. The molecular weight excluding hydrogens is 387 g/mol. The topological polar surface area (TPSA) is 108 Å². The summed E-state index contributed by atoms with van der Waals surface area (Å²) in [6.07, 6.45) is 0. The van der Waals surface area contributed by atoms with Gasteiger partial charge in [-0.15, -0.1) is 0 Å². The number of benzene rings is 2. The number of hydrogen-bond donors (Lipinski definition) is 1. The van der Waals surface area contributed by atoms with E-state index < -0.39 is 23.4 Å². The van der Waals surface area contributed by atoms with E-state index in [9.17, 15) is 19.7 Å². The molecule has 2 aromatic carbocycles. The second-order valence-corrected chi connectivity index (χ2v) is 5.73. The number of nitrogens with zero attached hydrogens (tertiary/aromatic N) is 1. The molecule has 0 saturated heterocycles. The van der Waals surface area contributed by atoms with Crippen LogP contribution >= 0.6 is 23.2 Å². The maximum absolute atomic E-state index is 12.1. The first kappa shape index (κ1) is 19.5. The van der Waals surface area contributed by atoms with Crippen LogP contribution in [0.25, 0.3) is 0 Å². The summed E-state index contributed by atoms with van der Waals surface area (Å²) < 4.78 is 9.96. The van der Waals surface area contributed by atoms with E-state index in [1.807, 2.05) is 0 Å². The summed E-state index contributed by atoms with van der Waals surface area (Å²) in [6, 6.07) is 7.95. The summed E-state index contributed by atoms with van der Waals surface area (Å²) >= 11 is 11.7. The van der Waals surface area contributed by atoms with Crippen molar-refractivity contribution in [2.75, 3.05) is 19.0 Å². The summed E-state index contributed by atoms with van der Waals surface area (Å²) in [4.78, 5) is 34.0. The van der Waals surface area contributed by atoms with Crippen molar-refractivity contribution in [3.05, 3.63) is 62.1 Å². The molecule has 0 heterocycles. The van der Waals surface area contributed by atoms with Gasteiger partial charge in [-0.1, -0.05) is 23.2 Å². The number of nitro groups is 1. The van der Waals surface area contributed by atoms with Gasteiger partial charge in [0.25, 0.3) is 11.6 Å². The maximum atomic E-state index is 12.1. The molecule has 0 aromatic heterocycles. The highest BCUT2D eigenvalue weighted by Crippen LogP contribution is 2.27. The quantitative estimate of drug-likeness (QED) is 0.451. The van der Waals surface area contributed by atoms with Crippen LogP contribution in [0.2, 0.25) is 10.0 Å². The molecule has 2 rings (SSSR count). The fourth-order valence-electron chi connectivity index (χ4n) is 1.95. The Morgan fingerprint density at radius 2 is 1.92 bits per heavy atom. The number of halogens is 2. The van der Waals surface area contributed by atoms with Crippen molar-refractivity contribution in [3.8, 4) is 5.75 Å². The van der Waals surface area contributed by atoms with Crippen molar-refractivity contribution >= 4 is 46.5 Å². The van der Waals surface area contributed by atoms with Crippen LogP contribution in [-0.2, 0) is 9.53 Å². The minimum atomic E-state index is -0.797. The average molecular weight is 399 g/mol. The molecule has 0 unspecified atom stereocenters. The van der Waals surface area contributed by atoms with Gasteiger partial charge in [-0.3, -0.25) is 14.9 Å². The van der Waals surface area contributed by atoms with Gasteiger partial charge in [-0.05, 0) is 24.3 Å².